The molecule has 8 nitrogen and oxygen atoms in total. The van der Waals surface area contributed by atoms with Crippen LogP contribution >= 0.6 is 0 Å². The highest BCUT2D eigenvalue weighted by molar-refractivity contribution is 7.94. The van der Waals surface area contributed by atoms with Gasteiger partial charge in [-0.1, -0.05) is 36.4 Å². The second-order valence-electron chi connectivity index (χ2n) is 6.96. The summed E-state index contributed by atoms with van der Waals surface area (Å²) in [5.74, 6) is 0. The van der Waals surface area contributed by atoms with E-state index in [2.05, 4.69) is 4.98 Å². The lowest BCUT2D eigenvalue weighted by molar-refractivity contribution is 0.253. The molecular formula is C22H16N4O4S. The minimum absolute atomic E-state index is 0.0102. The minimum atomic E-state index is -4.10. The number of hydrogen-bond donors (Lipinski definition) is 0. The van der Waals surface area contributed by atoms with E-state index in [0.29, 0.717) is 11.3 Å². The molecule has 9 heteroatoms. The van der Waals surface area contributed by atoms with Crippen molar-refractivity contribution in [2.24, 2.45) is 0 Å². The van der Waals surface area contributed by atoms with Crippen LogP contribution in [0, 0.1) is 0 Å². The first-order valence-corrected chi connectivity index (χ1v) is 10.9. The summed E-state index contributed by atoms with van der Waals surface area (Å²) in [6.45, 7) is -0.0602. The van der Waals surface area contributed by atoms with Crippen LogP contribution in [0.1, 0.15) is 5.69 Å². The maximum atomic E-state index is 13.4. The Bertz CT molecular complexity index is 1480. The first kappa shape index (κ1) is 19.0. The fourth-order valence-electron chi connectivity index (χ4n) is 3.62. The number of anilines is 2. The van der Waals surface area contributed by atoms with Gasteiger partial charge in [-0.15, -0.1) is 0 Å². The van der Waals surface area contributed by atoms with E-state index < -0.39 is 16.1 Å². The standard InChI is InChI=1S/C22H16N4O4S/c27-21-14-16(23-20-12-6-7-13-24(20)21)15-25-18-10-4-5-11-19(18)31(29,30)26(22(25)28)17-8-2-1-3-9-17/h1-14H,15H2. The molecule has 1 aliphatic heterocycles. The highest BCUT2D eigenvalue weighted by Gasteiger charge is 2.42. The average molecular weight is 432 g/mol. The molecule has 4 aromatic rings. The number of amides is 2. The summed E-state index contributed by atoms with van der Waals surface area (Å²) in [7, 11) is -4.10. The second kappa shape index (κ2) is 7.06. The Hall–Kier alpha value is -3.98. The summed E-state index contributed by atoms with van der Waals surface area (Å²) in [4.78, 5) is 31.7. The number of rotatable bonds is 3. The summed E-state index contributed by atoms with van der Waals surface area (Å²) in [5.41, 5.74) is 0.987. The van der Waals surface area contributed by atoms with Gasteiger partial charge in [0.15, 0.2) is 0 Å². The van der Waals surface area contributed by atoms with Crippen molar-refractivity contribution < 1.29 is 13.2 Å². The molecule has 0 unspecified atom stereocenters. The number of carbonyl (C=O) groups excluding carboxylic acids is 1. The molecule has 1 aliphatic rings. The van der Waals surface area contributed by atoms with Crippen molar-refractivity contribution in [1.29, 1.82) is 0 Å². The molecule has 2 amide bonds. The number of benzene rings is 2. The van der Waals surface area contributed by atoms with E-state index in [1.54, 1.807) is 72.9 Å². The summed E-state index contributed by atoms with van der Waals surface area (Å²) in [5, 5.41) is 0. The lowest BCUT2D eigenvalue weighted by atomic mass is 10.2. The molecule has 2 aromatic carbocycles. The minimum Gasteiger partial charge on any atom is -0.286 e. The van der Waals surface area contributed by atoms with E-state index >= 15 is 0 Å². The molecule has 154 valence electrons. The third kappa shape index (κ3) is 3.06. The van der Waals surface area contributed by atoms with E-state index in [0.717, 1.165) is 4.31 Å². The topological polar surface area (TPSA) is 92.1 Å². The molecule has 0 aliphatic carbocycles. The molecule has 3 heterocycles. The normalized spacial score (nSPS) is 15.2. The summed E-state index contributed by atoms with van der Waals surface area (Å²) in [6.07, 6.45) is 1.61. The average Bonchev–Trinajstić information content (AvgIpc) is 2.77. The van der Waals surface area contributed by atoms with Crippen molar-refractivity contribution in [2.75, 3.05) is 9.21 Å². The Morgan fingerprint density at radius 3 is 2.35 bits per heavy atom. The number of aromatic nitrogens is 2. The molecule has 0 atom stereocenters. The molecule has 0 spiro atoms. The number of urea groups is 1. The number of nitrogens with zero attached hydrogens (tertiary/aromatic N) is 4. The monoisotopic (exact) mass is 432 g/mol. The van der Waals surface area contributed by atoms with Gasteiger partial charge in [0.05, 0.1) is 23.6 Å². The number of hydrogen-bond acceptors (Lipinski definition) is 5. The van der Waals surface area contributed by atoms with Crippen LogP contribution in [0.15, 0.2) is 94.7 Å². The molecule has 0 radical (unpaired) electrons. The van der Waals surface area contributed by atoms with Gasteiger partial charge in [0.2, 0.25) is 0 Å². The zero-order valence-corrected chi connectivity index (χ0v) is 16.9. The quantitative estimate of drug-likeness (QED) is 0.496. The number of sulfonamides is 1. The molecular weight excluding hydrogens is 416 g/mol. The predicted molar refractivity (Wildman–Crippen MR) is 116 cm³/mol. The van der Waals surface area contributed by atoms with Crippen molar-refractivity contribution >= 4 is 33.1 Å². The van der Waals surface area contributed by atoms with Gasteiger partial charge in [0.25, 0.3) is 15.6 Å². The highest BCUT2D eigenvalue weighted by atomic mass is 32.2. The Balaban J connectivity index is 1.66. The number of carbonyl (C=O) groups is 1. The van der Waals surface area contributed by atoms with Crippen LogP contribution in [0.3, 0.4) is 0 Å². The van der Waals surface area contributed by atoms with Gasteiger partial charge in [0.1, 0.15) is 10.5 Å². The fourth-order valence-corrected chi connectivity index (χ4v) is 5.22. The lowest BCUT2D eigenvalue weighted by Gasteiger charge is -2.36. The van der Waals surface area contributed by atoms with Gasteiger partial charge >= 0.3 is 6.03 Å². The maximum absolute atomic E-state index is 13.4. The fraction of sp³-hybridized carbons (Fsp3) is 0.0455. The molecule has 0 fully saturated rings. The van der Waals surface area contributed by atoms with Crippen LogP contribution in [0.2, 0.25) is 0 Å². The van der Waals surface area contributed by atoms with Crippen LogP contribution in [-0.4, -0.2) is 23.8 Å². The Morgan fingerprint density at radius 2 is 1.55 bits per heavy atom. The SMILES string of the molecule is O=C1N(Cc2cc(=O)n3ccccc3n2)c2ccccc2S(=O)(=O)N1c1ccccc1. The lowest BCUT2D eigenvalue weighted by Crippen LogP contribution is -2.50. The molecule has 0 saturated heterocycles. The van der Waals surface area contributed by atoms with Gasteiger partial charge in [-0.3, -0.25) is 14.1 Å². The van der Waals surface area contributed by atoms with Crippen LogP contribution < -0.4 is 14.8 Å². The number of para-hydroxylation sites is 2. The van der Waals surface area contributed by atoms with E-state index in [1.807, 2.05) is 0 Å². The van der Waals surface area contributed by atoms with Crippen LogP contribution in [0.4, 0.5) is 16.2 Å². The smallest absolute Gasteiger partial charge is 0.286 e. The largest absolute Gasteiger partial charge is 0.343 e. The molecule has 0 bridgehead atoms. The first-order chi connectivity index (χ1) is 15.0. The number of fused-ring (bicyclic) bond motifs is 2. The van der Waals surface area contributed by atoms with Crippen LogP contribution in [-0.2, 0) is 16.6 Å². The Kier molecular flexibility index (Phi) is 4.33. The summed E-state index contributed by atoms with van der Waals surface area (Å²) >= 11 is 0. The summed E-state index contributed by atoms with van der Waals surface area (Å²) < 4.78 is 28.7. The van der Waals surface area contributed by atoms with Gasteiger partial charge in [-0.25, -0.2) is 18.2 Å². The maximum Gasteiger partial charge on any atom is 0.343 e. The first-order valence-electron chi connectivity index (χ1n) is 9.45. The van der Waals surface area contributed by atoms with Crippen LogP contribution in [0.25, 0.3) is 5.65 Å². The van der Waals surface area contributed by atoms with Crippen molar-refractivity contribution in [3.63, 3.8) is 0 Å². The molecule has 5 rings (SSSR count). The molecule has 0 N–H and O–H groups in total. The zero-order valence-electron chi connectivity index (χ0n) is 16.1. The molecule has 0 saturated carbocycles. The Morgan fingerprint density at radius 1 is 0.839 bits per heavy atom. The van der Waals surface area contributed by atoms with E-state index in [9.17, 15) is 18.0 Å². The zero-order chi connectivity index (χ0) is 21.6. The van der Waals surface area contributed by atoms with E-state index in [-0.39, 0.29) is 28.4 Å². The van der Waals surface area contributed by atoms with Gasteiger partial charge in [-0.05, 0) is 36.4 Å². The summed E-state index contributed by atoms with van der Waals surface area (Å²) in [6, 6.07) is 20.3. The van der Waals surface area contributed by atoms with Gasteiger partial charge in [-0.2, -0.15) is 4.31 Å². The predicted octanol–water partition coefficient (Wildman–Crippen LogP) is 3.03. The van der Waals surface area contributed by atoms with Gasteiger partial charge < -0.3 is 0 Å². The van der Waals surface area contributed by atoms with Crippen molar-refractivity contribution in [2.45, 2.75) is 11.4 Å². The molecule has 2 aromatic heterocycles. The van der Waals surface area contributed by atoms with Crippen molar-refractivity contribution in [3.05, 3.63) is 101 Å². The second-order valence-corrected chi connectivity index (χ2v) is 8.71. The highest BCUT2D eigenvalue weighted by Crippen LogP contribution is 2.37. The van der Waals surface area contributed by atoms with Crippen molar-refractivity contribution in [1.82, 2.24) is 9.38 Å². The van der Waals surface area contributed by atoms with Crippen LogP contribution in [0.5, 0.6) is 0 Å². The molecule has 31 heavy (non-hydrogen) atoms. The van der Waals surface area contributed by atoms with Crippen molar-refractivity contribution in [3.8, 4) is 0 Å². The third-order valence-electron chi connectivity index (χ3n) is 5.01. The van der Waals surface area contributed by atoms with E-state index in [4.69, 9.17) is 0 Å². The van der Waals surface area contributed by atoms with Gasteiger partial charge in [0, 0.05) is 12.3 Å². The number of pyridine rings is 1. The Labute approximate surface area is 177 Å². The van der Waals surface area contributed by atoms with E-state index in [1.165, 1.54) is 21.4 Å². The third-order valence-corrected chi connectivity index (χ3v) is 6.76.